The summed E-state index contributed by atoms with van der Waals surface area (Å²) < 4.78 is 16.6. The molecule has 1 heterocycles. The quantitative estimate of drug-likeness (QED) is 0.488. The van der Waals surface area contributed by atoms with Crippen LogP contribution in [0, 0.1) is 5.92 Å². The maximum absolute atomic E-state index is 5.96. The molecule has 2 aromatic rings. The van der Waals surface area contributed by atoms with Crippen molar-refractivity contribution in [2.24, 2.45) is 5.92 Å². The first-order valence-electron chi connectivity index (χ1n) is 9.18. The van der Waals surface area contributed by atoms with Gasteiger partial charge in [-0.25, -0.2) is 0 Å². The molecule has 1 aliphatic heterocycles. The van der Waals surface area contributed by atoms with Gasteiger partial charge in [0.2, 0.25) is 0 Å². The van der Waals surface area contributed by atoms with Crippen LogP contribution >= 0.6 is 23.5 Å². The summed E-state index contributed by atoms with van der Waals surface area (Å²) in [5.41, 5.74) is 0. The minimum absolute atomic E-state index is 0.274. The van der Waals surface area contributed by atoms with Crippen LogP contribution in [0.5, 0.6) is 11.5 Å². The second-order valence-corrected chi connectivity index (χ2v) is 8.71. The zero-order valence-corrected chi connectivity index (χ0v) is 17.5. The van der Waals surface area contributed by atoms with Crippen LogP contribution in [0.1, 0.15) is 6.92 Å². The van der Waals surface area contributed by atoms with Gasteiger partial charge in [0, 0.05) is 28.4 Å². The molecule has 0 radical (unpaired) electrons. The van der Waals surface area contributed by atoms with Crippen LogP contribution in [0.25, 0.3) is 0 Å². The van der Waals surface area contributed by atoms with Gasteiger partial charge in [-0.15, -0.1) is 23.5 Å². The first-order chi connectivity index (χ1) is 13.3. The Morgan fingerprint density at radius 1 is 1.22 bits per heavy atom. The van der Waals surface area contributed by atoms with Crippen LogP contribution in [0.4, 0.5) is 0 Å². The molecule has 0 saturated heterocycles. The fourth-order valence-electron chi connectivity index (χ4n) is 2.71. The smallest absolute Gasteiger partial charge is 0.188 e. The first-order valence-corrected chi connectivity index (χ1v) is 11.1. The predicted molar refractivity (Wildman–Crippen MR) is 113 cm³/mol. The topological polar surface area (TPSA) is 39.7 Å². The van der Waals surface area contributed by atoms with Crippen LogP contribution in [0.2, 0.25) is 0 Å². The number of ether oxygens (including phenoxy) is 3. The van der Waals surface area contributed by atoms with Crippen molar-refractivity contribution in [1.29, 1.82) is 0 Å². The second kappa shape index (κ2) is 10.9. The van der Waals surface area contributed by atoms with E-state index in [4.69, 9.17) is 14.2 Å². The number of thioether (sulfide) groups is 2. The van der Waals surface area contributed by atoms with Gasteiger partial charge in [0.05, 0.1) is 6.04 Å². The molecule has 0 amide bonds. The average Bonchev–Trinajstić information content (AvgIpc) is 2.92. The lowest BCUT2D eigenvalue weighted by molar-refractivity contribution is 0.0491. The van der Waals surface area contributed by atoms with Crippen LogP contribution in [0.3, 0.4) is 0 Å². The zero-order chi connectivity index (χ0) is 18.9. The fourth-order valence-corrected chi connectivity index (χ4v) is 4.77. The summed E-state index contributed by atoms with van der Waals surface area (Å²) in [5.74, 6) is 4.49. The van der Waals surface area contributed by atoms with E-state index in [9.17, 15) is 0 Å². The van der Waals surface area contributed by atoms with Gasteiger partial charge < -0.3 is 19.5 Å². The van der Waals surface area contributed by atoms with Crippen LogP contribution in [-0.2, 0) is 4.74 Å². The molecule has 3 rings (SSSR count). The van der Waals surface area contributed by atoms with Crippen molar-refractivity contribution in [1.82, 2.24) is 5.32 Å². The van der Waals surface area contributed by atoms with E-state index < -0.39 is 0 Å². The Bertz CT molecular complexity index is 686. The lowest BCUT2D eigenvalue weighted by Crippen LogP contribution is -2.39. The molecule has 0 saturated carbocycles. The van der Waals surface area contributed by atoms with Crippen molar-refractivity contribution >= 4 is 23.5 Å². The summed E-state index contributed by atoms with van der Waals surface area (Å²) in [6.07, 6.45) is 0. The highest BCUT2D eigenvalue weighted by Crippen LogP contribution is 2.32. The molecular weight excluding hydrogens is 378 g/mol. The molecular formula is C21H27NO3S2. The highest BCUT2D eigenvalue weighted by atomic mass is 32.2. The molecule has 1 N–H and O–H groups in total. The van der Waals surface area contributed by atoms with Gasteiger partial charge in [0.25, 0.3) is 0 Å². The van der Waals surface area contributed by atoms with E-state index in [-0.39, 0.29) is 6.79 Å². The molecule has 146 valence electrons. The van der Waals surface area contributed by atoms with E-state index in [1.165, 1.54) is 4.90 Å². The molecule has 0 aliphatic carbocycles. The third kappa shape index (κ3) is 6.35. The minimum Gasteiger partial charge on any atom is -0.491 e. The van der Waals surface area contributed by atoms with E-state index in [1.807, 2.05) is 53.9 Å². The van der Waals surface area contributed by atoms with E-state index in [0.29, 0.717) is 12.0 Å². The van der Waals surface area contributed by atoms with Crippen molar-refractivity contribution in [3.05, 3.63) is 48.5 Å². The SMILES string of the molecule is COCOc1ccccc1SC[C@H](C)CNC1COc2ccccc2SC1. The maximum Gasteiger partial charge on any atom is 0.188 e. The summed E-state index contributed by atoms with van der Waals surface area (Å²) in [7, 11) is 1.64. The second-order valence-electron chi connectivity index (χ2n) is 6.59. The number of para-hydroxylation sites is 2. The number of fused-ring (bicyclic) bond motifs is 1. The largest absolute Gasteiger partial charge is 0.491 e. The van der Waals surface area contributed by atoms with E-state index >= 15 is 0 Å². The summed E-state index contributed by atoms with van der Waals surface area (Å²) >= 11 is 3.70. The maximum atomic E-state index is 5.96. The normalized spacial score (nSPS) is 17.5. The minimum atomic E-state index is 0.274. The van der Waals surface area contributed by atoms with Gasteiger partial charge >= 0.3 is 0 Å². The van der Waals surface area contributed by atoms with Gasteiger partial charge in [-0.1, -0.05) is 31.2 Å². The van der Waals surface area contributed by atoms with Crippen molar-refractivity contribution in [2.75, 3.05) is 38.6 Å². The average molecular weight is 406 g/mol. The lowest BCUT2D eigenvalue weighted by atomic mass is 10.2. The van der Waals surface area contributed by atoms with E-state index in [2.05, 4.69) is 30.4 Å². The molecule has 0 fully saturated rings. The Labute approximate surface area is 170 Å². The molecule has 0 bridgehead atoms. The number of rotatable bonds is 9. The number of methoxy groups -OCH3 is 1. The Morgan fingerprint density at radius 2 is 2.04 bits per heavy atom. The summed E-state index contributed by atoms with van der Waals surface area (Å²) in [5, 5.41) is 3.67. The zero-order valence-electron chi connectivity index (χ0n) is 15.9. The van der Waals surface area contributed by atoms with Gasteiger partial charge in [0.1, 0.15) is 18.1 Å². The molecule has 0 aromatic heterocycles. The van der Waals surface area contributed by atoms with Gasteiger partial charge in [0.15, 0.2) is 6.79 Å². The summed E-state index contributed by atoms with van der Waals surface area (Å²) in [6, 6.07) is 16.8. The summed E-state index contributed by atoms with van der Waals surface area (Å²) in [6.45, 7) is 4.24. The Balaban J connectivity index is 1.42. The molecule has 2 aromatic carbocycles. The Kier molecular flexibility index (Phi) is 8.20. The van der Waals surface area contributed by atoms with E-state index in [0.717, 1.165) is 41.1 Å². The summed E-state index contributed by atoms with van der Waals surface area (Å²) in [4.78, 5) is 2.39. The molecule has 6 heteroatoms. The van der Waals surface area contributed by atoms with Gasteiger partial charge in [-0.2, -0.15) is 0 Å². The highest BCUT2D eigenvalue weighted by Gasteiger charge is 2.18. The number of benzene rings is 2. The third-order valence-corrected chi connectivity index (χ3v) is 6.79. The highest BCUT2D eigenvalue weighted by molar-refractivity contribution is 7.99. The van der Waals surface area contributed by atoms with Gasteiger partial charge in [-0.05, 0) is 36.7 Å². The molecule has 4 nitrogen and oxygen atoms in total. The van der Waals surface area contributed by atoms with Crippen molar-refractivity contribution in [3.63, 3.8) is 0 Å². The fraction of sp³-hybridized carbons (Fsp3) is 0.429. The first kappa shape index (κ1) is 20.4. The van der Waals surface area contributed by atoms with Crippen LogP contribution < -0.4 is 14.8 Å². The molecule has 2 atom stereocenters. The molecule has 0 spiro atoms. The van der Waals surface area contributed by atoms with Crippen LogP contribution in [-0.4, -0.2) is 44.6 Å². The van der Waals surface area contributed by atoms with Crippen LogP contribution in [0.15, 0.2) is 58.3 Å². The lowest BCUT2D eigenvalue weighted by Gasteiger charge is -2.19. The monoisotopic (exact) mass is 405 g/mol. The number of nitrogens with one attached hydrogen (secondary N) is 1. The van der Waals surface area contributed by atoms with Crippen molar-refractivity contribution in [2.45, 2.75) is 22.8 Å². The third-order valence-electron chi connectivity index (χ3n) is 4.19. The Morgan fingerprint density at radius 3 is 2.93 bits per heavy atom. The molecule has 1 aliphatic rings. The van der Waals surface area contributed by atoms with Crippen molar-refractivity contribution in [3.8, 4) is 11.5 Å². The Hall–Kier alpha value is -1.34. The standard InChI is InChI=1S/C21H27NO3S2/c1-16(13-26-21-10-6-4-8-19(21)25-15-23-2)11-22-17-12-24-18-7-3-5-9-20(18)27-14-17/h3-10,16-17,22H,11-15H2,1-2H3/t16-,17?/m1/s1. The number of hydrogen-bond donors (Lipinski definition) is 1. The van der Waals surface area contributed by atoms with E-state index in [1.54, 1.807) is 7.11 Å². The molecule has 27 heavy (non-hydrogen) atoms. The molecule has 1 unspecified atom stereocenters. The van der Waals surface area contributed by atoms with Crippen molar-refractivity contribution < 1.29 is 14.2 Å². The van der Waals surface area contributed by atoms with Gasteiger partial charge in [-0.3, -0.25) is 0 Å². The number of hydrogen-bond acceptors (Lipinski definition) is 6. The predicted octanol–water partition coefficient (Wildman–Crippen LogP) is 4.54.